The monoisotopic (exact) mass is 266 g/mol. The van der Waals surface area contributed by atoms with Gasteiger partial charge < -0.3 is 10.3 Å². The van der Waals surface area contributed by atoms with Crippen LogP contribution in [0.3, 0.4) is 0 Å². The summed E-state index contributed by atoms with van der Waals surface area (Å²) in [5, 5.41) is 1.12. The Morgan fingerprint density at radius 2 is 2.00 bits per heavy atom. The zero-order valence-corrected chi connectivity index (χ0v) is 11.8. The molecule has 102 valence electrons. The van der Waals surface area contributed by atoms with Crippen molar-refractivity contribution in [3.8, 4) is 11.3 Å². The number of aromatic nitrogens is 3. The molecule has 2 aromatic heterocycles. The number of nitrogens with zero attached hydrogens (tertiary/aromatic N) is 3. The smallest absolute Gasteiger partial charge is 0.143 e. The fraction of sp³-hybridized carbons (Fsp3) is 0.250. The van der Waals surface area contributed by atoms with Crippen LogP contribution in [0.15, 0.2) is 36.8 Å². The fourth-order valence-corrected chi connectivity index (χ4v) is 2.69. The minimum absolute atomic E-state index is 0.626. The molecule has 20 heavy (non-hydrogen) atoms. The van der Waals surface area contributed by atoms with Gasteiger partial charge in [0.05, 0.1) is 5.69 Å². The van der Waals surface area contributed by atoms with Gasteiger partial charge in [-0.1, -0.05) is 24.3 Å². The van der Waals surface area contributed by atoms with Gasteiger partial charge in [0.2, 0.25) is 0 Å². The molecule has 0 amide bonds. The fourth-order valence-electron chi connectivity index (χ4n) is 2.69. The van der Waals surface area contributed by atoms with Crippen LogP contribution in [-0.4, -0.2) is 21.1 Å². The molecule has 0 unspecified atom stereocenters. The Balaban J connectivity index is 2.33. The highest BCUT2D eigenvalue weighted by molar-refractivity contribution is 5.94. The second kappa shape index (κ2) is 5.06. The van der Waals surface area contributed by atoms with E-state index in [4.69, 9.17) is 5.73 Å². The van der Waals surface area contributed by atoms with Crippen LogP contribution in [0.25, 0.3) is 22.3 Å². The molecule has 0 aliphatic heterocycles. The van der Waals surface area contributed by atoms with Crippen LogP contribution < -0.4 is 5.73 Å². The second-order valence-electron chi connectivity index (χ2n) is 5.04. The molecule has 3 aromatic rings. The summed E-state index contributed by atoms with van der Waals surface area (Å²) in [7, 11) is 2.01. The third kappa shape index (κ3) is 1.98. The molecular weight excluding hydrogens is 248 g/mol. The molecule has 0 saturated heterocycles. The van der Waals surface area contributed by atoms with E-state index in [0.717, 1.165) is 28.7 Å². The number of benzene rings is 1. The first-order valence-electron chi connectivity index (χ1n) is 6.77. The van der Waals surface area contributed by atoms with Gasteiger partial charge >= 0.3 is 0 Å². The number of fused-ring (bicyclic) bond motifs is 1. The highest BCUT2D eigenvalue weighted by atomic mass is 15.0. The molecule has 2 heterocycles. The van der Waals surface area contributed by atoms with Crippen molar-refractivity contribution >= 4 is 11.0 Å². The van der Waals surface area contributed by atoms with Gasteiger partial charge in [-0.3, -0.25) is 0 Å². The van der Waals surface area contributed by atoms with Crippen molar-refractivity contribution in [2.24, 2.45) is 12.8 Å². The molecule has 0 saturated carbocycles. The van der Waals surface area contributed by atoms with Crippen molar-refractivity contribution in [1.82, 2.24) is 14.5 Å². The second-order valence-corrected chi connectivity index (χ2v) is 5.04. The minimum Gasteiger partial charge on any atom is -0.335 e. The normalized spacial score (nSPS) is 11.2. The first-order chi connectivity index (χ1) is 9.72. The average molecular weight is 266 g/mol. The molecule has 4 heteroatoms. The largest absolute Gasteiger partial charge is 0.335 e. The van der Waals surface area contributed by atoms with Gasteiger partial charge in [0, 0.05) is 24.2 Å². The van der Waals surface area contributed by atoms with E-state index >= 15 is 0 Å². The number of hydrogen-bond donors (Lipinski definition) is 1. The maximum Gasteiger partial charge on any atom is 0.143 e. The summed E-state index contributed by atoms with van der Waals surface area (Å²) in [6.07, 6.45) is 4.58. The number of rotatable bonds is 3. The highest BCUT2D eigenvalue weighted by Gasteiger charge is 2.15. The molecule has 4 nitrogen and oxygen atoms in total. The van der Waals surface area contributed by atoms with Gasteiger partial charge in [-0.2, -0.15) is 0 Å². The topological polar surface area (TPSA) is 56.7 Å². The van der Waals surface area contributed by atoms with Crippen molar-refractivity contribution in [2.75, 3.05) is 6.54 Å². The minimum atomic E-state index is 0.626. The number of nitrogens with two attached hydrogens (primary N) is 1. The van der Waals surface area contributed by atoms with Crippen LogP contribution in [0.1, 0.15) is 11.1 Å². The summed E-state index contributed by atoms with van der Waals surface area (Å²) in [4.78, 5) is 8.94. The molecule has 0 aliphatic rings. The Labute approximate surface area is 118 Å². The van der Waals surface area contributed by atoms with Gasteiger partial charge in [-0.25, -0.2) is 9.97 Å². The van der Waals surface area contributed by atoms with Crippen molar-refractivity contribution in [3.05, 3.63) is 47.9 Å². The van der Waals surface area contributed by atoms with E-state index in [2.05, 4.69) is 35.2 Å². The van der Waals surface area contributed by atoms with Gasteiger partial charge in [0.25, 0.3) is 0 Å². The molecule has 0 fully saturated rings. The van der Waals surface area contributed by atoms with Crippen LogP contribution in [0.4, 0.5) is 0 Å². The summed E-state index contributed by atoms with van der Waals surface area (Å²) in [5.74, 6) is 0. The highest BCUT2D eigenvalue weighted by Crippen LogP contribution is 2.31. The predicted molar refractivity (Wildman–Crippen MR) is 81.4 cm³/mol. The standard InChI is InChI=1S/C16H18N4/c1-11-5-3-4-6-13(11)15-14-12(7-8-17)9-20(2)16(14)19-10-18-15/h3-6,9-10H,7-8,17H2,1-2H3. The van der Waals surface area contributed by atoms with E-state index in [1.54, 1.807) is 6.33 Å². The Morgan fingerprint density at radius 1 is 1.20 bits per heavy atom. The summed E-state index contributed by atoms with van der Waals surface area (Å²) < 4.78 is 2.05. The van der Waals surface area contributed by atoms with E-state index in [-0.39, 0.29) is 0 Å². The summed E-state index contributed by atoms with van der Waals surface area (Å²) in [5.41, 5.74) is 11.3. The van der Waals surface area contributed by atoms with E-state index < -0.39 is 0 Å². The predicted octanol–water partition coefficient (Wildman–Crippen LogP) is 2.44. The lowest BCUT2D eigenvalue weighted by Gasteiger charge is -2.07. The third-order valence-corrected chi connectivity index (χ3v) is 3.65. The maximum atomic E-state index is 5.73. The zero-order valence-electron chi connectivity index (χ0n) is 11.8. The molecule has 3 rings (SSSR count). The van der Waals surface area contributed by atoms with Crippen molar-refractivity contribution in [3.63, 3.8) is 0 Å². The van der Waals surface area contributed by atoms with Gasteiger partial charge in [0.15, 0.2) is 0 Å². The van der Waals surface area contributed by atoms with Crippen LogP contribution in [-0.2, 0) is 13.5 Å². The SMILES string of the molecule is Cc1ccccc1-c1ncnc2c1c(CCN)cn2C. The van der Waals surface area contributed by atoms with Crippen molar-refractivity contribution < 1.29 is 0 Å². The van der Waals surface area contributed by atoms with Crippen molar-refractivity contribution in [1.29, 1.82) is 0 Å². The van der Waals surface area contributed by atoms with Crippen LogP contribution in [0, 0.1) is 6.92 Å². The Hall–Kier alpha value is -2.20. The van der Waals surface area contributed by atoms with Gasteiger partial charge in [-0.05, 0) is 31.0 Å². The quantitative estimate of drug-likeness (QED) is 0.792. The Bertz CT molecular complexity index is 758. The molecule has 0 bridgehead atoms. The molecule has 0 atom stereocenters. The molecule has 0 aliphatic carbocycles. The molecule has 2 N–H and O–H groups in total. The summed E-state index contributed by atoms with van der Waals surface area (Å²) >= 11 is 0. The maximum absolute atomic E-state index is 5.73. The van der Waals surface area contributed by atoms with E-state index in [1.807, 2.05) is 23.7 Å². The van der Waals surface area contributed by atoms with Crippen LogP contribution >= 0.6 is 0 Å². The molecule has 1 aromatic carbocycles. The molecular formula is C16H18N4. The summed E-state index contributed by atoms with van der Waals surface area (Å²) in [6.45, 7) is 2.73. The first kappa shape index (κ1) is 12.8. The molecule has 0 radical (unpaired) electrons. The lowest BCUT2D eigenvalue weighted by Crippen LogP contribution is -2.02. The summed E-state index contributed by atoms with van der Waals surface area (Å²) in [6, 6.07) is 8.30. The first-order valence-corrected chi connectivity index (χ1v) is 6.77. The van der Waals surface area contributed by atoms with Gasteiger partial charge in [-0.15, -0.1) is 0 Å². The number of hydrogen-bond acceptors (Lipinski definition) is 3. The average Bonchev–Trinajstić information content (AvgIpc) is 2.77. The Kier molecular flexibility index (Phi) is 3.24. The molecule has 0 spiro atoms. The number of aryl methyl sites for hydroxylation is 2. The van der Waals surface area contributed by atoms with Gasteiger partial charge in [0.1, 0.15) is 12.0 Å². The van der Waals surface area contributed by atoms with E-state index in [0.29, 0.717) is 6.54 Å². The van der Waals surface area contributed by atoms with Crippen LogP contribution in [0.2, 0.25) is 0 Å². The third-order valence-electron chi connectivity index (χ3n) is 3.65. The Morgan fingerprint density at radius 3 is 2.75 bits per heavy atom. The van der Waals surface area contributed by atoms with Crippen molar-refractivity contribution in [2.45, 2.75) is 13.3 Å². The van der Waals surface area contributed by atoms with E-state index in [1.165, 1.54) is 11.1 Å². The lowest BCUT2D eigenvalue weighted by molar-refractivity contribution is 0.918. The lowest BCUT2D eigenvalue weighted by atomic mass is 10.0. The van der Waals surface area contributed by atoms with E-state index in [9.17, 15) is 0 Å². The van der Waals surface area contributed by atoms with Crippen LogP contribution in [0.5, 0.6) is 0 Å². The zero-order chi connectivity index (χ0) is 14.1.